The summed E-state index contributed by atoms with van der Waals surface area (Å²) < 4.78 is 0. The summed E-state index contributed by atoms with van der Waals surface area (Å²) >= 11 is 0. The van der Waals surface area contributed by atoms with Crippen LogP contribution in [0.3, 0.4) is 0 Å². The average Bonchev–Trinajstić information content (AvgIpc) is 3.48. The van der Waals surface area contributed by atoms with E-state index in [0.717, 1.165) is 53.1 Å². The number of amides is 2. The summed E-state index contributed by atoms with van der Waals surface area (Å²) in [6, 6.07) is 33.7. The summed E-state index contributed by atoms with van der Waals surface area (Å²) in [5.41, 5.74) is 5.69. The summed E-state index contributed by atoms with van der Waals surface area (Å²) in [7, 11) is 0. The molecule has 0 aliphatic heterocycles. The van der Waals surface area contributed by atoms with Gasteiger partial charge in [0.1, 0.15) is 0 Å². The van der Waals surface area contributed by atoms with E-state index in [1.807, 2.05) is 83.8 Å². The van der Waals surface area contributed by atoms with E-state index in [0.29, 0.717) is 61.6 Å². The fourth-order valence-electron chi connectivity index (χ4n) is 11.5. The first-order valence-electron chi connectivity index (χ1n) is 21.8. The van der Waals surface area contributed by atoms with E-state index in [2.05, 4.69) is 63.4 Å². The number of carbonyl (C=O) groups is 2. The number of fused-ring (bicyclic) bond motifs is 10. The molecule has 10 rings (SSSR count). The van der Waals surface area contributed by atoms with Gasteiger partial charge in [0, 0.05) is 28.8 Å². The van der Waals surface area contributed by atoms with Crippen LogP contribution in [0.4, 0.5) is 10.5 Å². The Balaban J connectivity index is 1.16. The molecule has 6 aliphatic rings. The summed E-state index contributed by atoms with van der Waals surface area (Å²) in [4.78, 5) is 31.2. The fourth-order valence-corrected chi connectivity index (χ4v) is 11.5. The number of anilines is 1. The van der Waals surface area contributed by atoms with Crippen molar-refractivity contribution in [1.82, 2.24) is 4.90 Å². The molecule has 0 radical (unpaired) electrons. The molecule has 4 aromatic carbocycles. The maximum atomic E-state index is 14.8. The van der Waals surface area contributed by atoms with E-state index in [1.54, 1.807) is 0 Å². The lowest BCUT2D eigenvalue weighted by Gasteiger charge is -2.60. The molecule has 58 heavy (non-hydrogen) atoms. The Labute approximate surface area is 345 Å². The Morgan fingerprint density at radius 3 is 2.24 bits per heavy atom. The minimum absolute atomic E-state index is 0.0471. The van der Waals surface area contributed by atoms with Crippen LogP contribution in [0.2, 0.25) is 0 Å². The fraction of sp³-hybridized carbons (Fsp3) is 0.462. The Morgan fingerprint density at radius 1 is 0.828 bits per heavy atom. The zero-order valence-electron chi connectivity index (χ0n) is 34.9. The van der Waals surface area contributed by atoms with Gasteiger partial charge in [0.05, 0.1) is 18.2 Å². The van der Waals surface area contributed by atoms with E-state index in [-0.39, 0.29) is 29.7 Å². The van der Waals surface area contributed by atoms with Crippen LogP contribution in [0.25, 0.3) is 11.1 Å². The van der Waals surface area contributed by atoms with Gasteiger partial charge in [0.25, 0.3) is 0 Å². The highest BCUT2D eigenvalue weighted by atomic mass is 16.3. The molecule has 0 spiro atoms. The Bertz CT molecular complexity index is 2130. The van der Waals surface area contributed by atoms with Crippen molar-refractivity contribution in [1.29, 1.82) is 0 Å². The predicted molar refractivity (Wildman–Crippen MR) is 234 cm³/mol. The minimum Gasteiger partial charge on any atom is -0.393 e. The Morgan fingerprint density at radius 2 is 1.53 bits per heavy atom. The number of aliphatic hydroxyl groups is 2. The number of allylic oxidation sites excluding steroid dienone is 2. The molecule has 6 aliphatic carbocycles. The van der Waals surface area contributed by atoms with Crippen molar-refractivity contribution in [2.75, 3.05) is 18.4 Å². The van der Waals surface area contributed by atoms with Gasteiger partial charge in [-0.1, -0.05) is 117 Å². The van der Waals surface area contributed by atoms with Crippen molar-refractivity contribution in [3.8, 4) is 11.1 Å². The third-order valence-electron chi connectivity index (χ3n) is 15.4. The van der Waals surface area contributed by atoms with Gasteiger partial charge in [-0.2, -0.15) is 0 Å². The van der Waals surface area contributed by atoms with Crippen molar-refractivity contribution in [2.45, 2.75) is 110 Å². The number of aliphatic hydroxyl groups excluding tert-OH is 1. The smallest absolute Gasteiger partial charge is 0.321 e. The topological polar surface area (TPSA) is 89.9 Å². The van der Waals surface area contributed by atoms with Crippen molar-refractivity contribution >= 4 is 17.5 Å². The van der Waals surface area contributed by atoms with Crippen LogP contribution in [-0.4, -0.2) is 51.7 Å². The number of hydrogen-bond acceptors (Lipinski definition) is 4. The van der Waals surface area contributed by atoms with Gasteiger partial charge in [-0.05, 0) is 141 Å². The van der Waals surface area contributed by atoms with Crippen LogP contribution in [0.5, 0.6) is 0 Å². The molecule has 4 aromatic rings. The predicted octanol–water partition coefficient (Wildman–Crippen LogP) is 11.2. The van der Waals surface area contributed by atoms with E-state index in [1.165, 1.54) is 18.4 Å². The molecule has 6 nitrogen and oxygen atoms in total. The van der Waals surface area contributed by atoms with E-state index in [9.17, 15) is 19.8 Å². The first kappa shape index (κ1) is 40.3. The van der Waals surface area contributed by atoms with Crippen LogP contribution < -0.4 is 5.32 Å². The van der Waals surface area contributed by atoms with E-state index >= 15 is 0 Å². The van der Waals surface area contributed by atoms with Crippen LogP contribution in [0.1, 0.15) is 118 Å². The molecule has 4 saturated carbocycles. The number of nitrogens with one attached hydrogen (secondary N) is 1. The molecular formula is C52H62N2O4. The van der Waals surface area contributed by atoms with Crippen molar-refractivity contribution < 1.29 is 19.8 Å². The Hall–Kier alpha value is -4.52. The van der Waals surface area contributed by atoms with Gasteiger partial charge >= 0.3 is 6.03 Å². The number of urea groups is 1. The molecule has 0 heterocycles. The van der Waals surface area contributed by atoms with Gasteiger partial charge < -0.3 is 20.4 Å². The van der Waals surface area contributed by atoms with E-state index < -0.39 is 17.1 Å². The standard InChI is InChI=1S/C52H62N2O4/c1-35-12-11-28-51(4)46(27-29-52(51,58)34-54(49(57)53-42-15-9-6-10-16-42)33-40-23-24-41-32-47(40)50(41,2)3)44-26-18-36(30-43(55)25-17-35)31-45(44)48(56)39-21-19-38(20-22-39)37-13-7-5-8-14-37/h5-10,12-16,18-22,26,31,40-41,43,46-47,55,58H,11,17,23-25,27-30,32-34H2,1-4H3,(H,53,57). The van der Waals surface area contributed by atoms with Gasteiger partial charge in [0.15, 0.2) is 5.78 Å². The number of nitrogens with zero attached hydrogens (tertiary/aromatic N) is 1. The maximum absolute atomic E-state index is 14.8. The van der Waals surface area contributed by atoms with Gasteiger partial charge in [-0.15, -0.1) is 0 Å². The normalized spacial score (nSPS) is 29.0. The second-order valence-electron chi connectivity index (χ2n) is 19.1. The van der Waals surface area contributed by atoms with Crippen LogP contribution >= 0.6 is 0 Å². The lowest BCUT2D eigenvalue weighted by molar-refractivity contribution is -0.117. The van der Waals surface area contributed by atoms with Crippen LogP contribution in [0, 0.1) is 28.6 Å². The van der Waals surface area contributed by atoms with Crippen LogP contribution in [-0.2, 0) is 6.42 Å². The number of ketones is 1. The van der Waals surface area contributed by atoms with Gasteiger partial charge in [0.2, 0.25) is 0 Å². The minimum atomic E-state index is -1.21. The maximum Gasteiger partial charge on any atom is 0.321 e. The summed E-state index contributed by atoms with van der Waals surface area (Å²) in [5.74, 6) is 1.53. The molecule has 0 aromatic heterocycles. The first-order chi connectivity index (χ1) is 27.8. The molecule has 6 heteroatoms. The quantitative estimate of drug-likeness (QED) is 0.123. The largest absolute Gasteiger partial charge is 0.393 e. The summed E-state index contributed by atoms with van der Waals surface area (Å²) in [6.07, 6.45) is 9.86. The first-order valence-corrected chi connectivity index (χ1v) is 21.8. The highest BCUT2D eigenvalue weighted by Crippen LogP contribution is 2.62. The highest BCUT2D eigenvalue weighted by Gasteiger charge is 2.59. The number of benzene rings is 4. The number of para-hydroxylation sites is 1. The molecular weight excluding hydrogens is 717 g/mol. The molecule has 2 amide bonds. The van der Waals surface area contributed by atoms with Gasteiger partial charge in [-0.3, -0.25) is 4.79 Å². The molecule has 4 fully saturated rings. The SMILES string of the molecule is CC1=CCCC2(C)C(CCC2(O)CN(CC2CCC3CC2C3(C)C)C(=O)Nc2ccccc2)c2ccc(cc2C(=O)c2ccc(-c3ccccc3)cc2)CC(O)CC1. The molecule has 7 unspecified atom stereocenters. The monoisotopic (exact) mass is 778 g/mol. The second-order valence-corrected chi connectivity index (χ2v) is 19.1. The van der Waals surface area contributed by atoms with E-state index in [4.69, 9.17) is 0 Å². The van der Waals surface area contributed by atoms with Gasteiger partial charge in [-0.25, -0.2) is 4.79 Å². The lowest BCUT2D eigenvalue weighted by atomic mass is 9.45. The summed E-state index contributed by atoms with van der Waals surface area (Å²) in [6.45, 7) is 9.99. The molecule has 0 saturated heterocycles. The lowest BCUT2D eigenvalue weighted by Crippen LogP contribution is -2.58. The molecule has 7 atom stereocenters. The third kappa shape index (κ3) is 7.82. The third-order valence-corrected chi connectivity index (χ3v) is 15.4. The number of hydrogen-bond donors (Lipinski definition) is 3. The van der Waals surface area contributed by atoms with Crippen LogP contribution in [0.15, 0.2) is 115 Å². The average molecular weight is 779 g/mol. The number of carbonyl (C=O) groups excluding carboxylic acids is 2. The summed E-state index contributed by atoms with van der Waals surface area (Å²) in [5, 5.41) is 27.6. The Kier molecular flexibility index (Phi) is 11.3. The molecule has 4 bridgehead atoms. The zero-order valence-corrected chi connectivity index (χ0v) is 34.9. The molecule has 304 valence electrons. The van der Waals surface area contributed by atoms with Crippen molar-refractivity contribution in [3.63, 3.8) is 0 Å². The second kappa shape index (κ2) is 16.3. The number of rotatable bonds is 8. The highest BCUT2D eigenvalue weighted by molar-refractivity contribution is 6.10. The van der Waals surface area contributed by atoms with Crippen molar-refractivity contribution in [3.05, 3.63) is 137 Å². The molecule has 3 N–H and O–H groups in total. The zero-order chi connectivity index (χ0) is 40.7. The van der Waals surface area contributed by atoms with Crippen molar-refractivity contribution in [2.24, 2.45) is 28.6 Å².